The molecule has 3 heterocycles. The molecule has 0 bridgehead atoms. The molecule has 0 fully saturated rings. The molecule has 0 unspecified atom stereocenters. The first-order chi connectivity index (χ1) is 35.1. The second-order valence-corrected chi connectivity index (χ2v) is 19.1. The normalized spacial score (nSPS) is 12.3. The van der Waals surface area contributed by atoms with Crippen LogP contribution in [0.2, 0.25) is 0 Å². The molecule has 10 aromatic carbocycles. The molecule has 0 aliphatic heterocycles. The maximum absolute atomic E-state index is 5.35. The maximum Gasteiger partial charge on any atom is 0.160 e. The predicted octanol–water partition coefficient (Wildman–Crippen LogP) is 17.9. The van der Waals surface area contributed by atoms with Gasteiger partial charge in [-0.2, -0.15) is 0 Å². The first-order valence-corrected chi connectivity index (χ1v) is 25.0. The molecule has 0 saturated carbocycles. The van der Waals surface area contributed by atoms with E-state index in [1.165, 1.54) is 48.1 Å². The van der Waals surface area contributed by atoms with E-state index in [-0.39, 0.29) is 0 Å². The van der Waals surface area contributed by atoms with Gasteiger partial charge in [0.15, 0.2) is 5.84 Å². The SMILES string of the molecule is C=C(N=C(N=C(CC)c1ccccc1)c1ccccc1)c1cc(-c2ccccc2-c2ccc3c4cc5c6ccccc6n(-c6ccccc6)c5cc4n(-c4ccccc4)c3c2)cc2c1sc1ccccc12. The Morgan fingerprint density at radius 3 is 1.63 bits per heavy atom. The van der Waals surface area contributed by atoms with Crippen molar-refractivity contribution in [3.05, 3.63) is 260 Å². The molecule has 3 aromatic heterocycles. The van der Waals surface area contributed by atoms with Crippen molar-refractivity contribution in [3.8, 4) is 33.6 Å². The largest absolute Gasteiger partial charge is 0.309 e. The summed E-state index contributed by atoms with van der Waals surface area (Å²) >= 11 is 1.79. The zero-order valence-corrected chi connectivity index (χ0v) is 39.9. The molecule has 0 aliphatic carbocycles. The minimum absolute atomic E-state index is 0.640. The van der Waals surface area contributed by atoms with Crippen molar-refractivity contribution in [3.63, 3.8) is 0 Å². The van der Waals surface area contributed by atoms with E-state index in [4.69, 9.17) is 16.6 Å². The Balaban J connectivity index is 1.01. The molecule has 71 heavy (non-hydrogen) atoms. The molecule has 13 rings (SSSR count). The number of thiophene rings is 1. The van der Waals surface area contributed by atoms with Crippen molar-refractivity contribution >= 4 is 92.4 Å². The van der Waals surface area contributed by atoms with Gasteiger partial charge in [-0.05, 0) is 101 Å². The summed E-state index contributed by atoms with van der Waals surface area (Å²) in [6.45, 7) is 6.87. The molecule has 0 N–H and O–H groups in total. The number of fused-ring (bicyclic) bond motifs is 9. The van der Waals surface area contributed by atoms with Gasteiger partial charge in [0.2, 0.25) is 0 Å². The first kappa shape index (κ1) is 42.2. The molecular formula is C66H46N4S. The lowest BCUT2D eigenvalue weighted by Crippen LogP contribution is -2.06. The molecule has 0 atom stereocenters. The van der Waals surface area contributed by atoms with Crippen molar-refractivity contribution in [2.45, 2.75) is 13.3 Å². The average Bonchev–Trinajstić information content (AvgIpc) is 4.09. The van der Waals surface area contributed by atoms with E-state index in [2.05, 4.69) is 228 Å². The van der Waals surface area contributed by atoms with Crippen LogP contribution in [0, 0.1) is 0 Å². The third-order valence-electron chi connectivity index (χ3n) is 13.9. The van der Waals surface area contributed by atoms with Gasteiger partial charge < -0.3 is 9.13 Å². The standard InChI is InChI=1S/C66H46N4S/c1-3-59(44-22-8-4-9-23-44)68-66(45-24-10-5-11-25-45)67-43(2)55-38-47(39-58-54-33-19-21-35-64(54)71-65(55)58)51-31-17-16-30-50(51)46-36-37-53-57-41-56-52-32-18-20-34-60(52)69(48-26-12-6-13-27-48)62(56)42-63(57)70(61(53)40-46)49-28-14-7-15-29-49/h4-42H,2-3H2,1H3. The third-order valence-corrected chi connectivity index (χ3v) is 15.1. The van der Waals surface area contributed by atoms with E-state index in [0.29, 0.717) is 11.5 Å². The minimum atomic E-state index is 0.640. The molecule has 0 radical (unpaired) electrons. The van der Waals surface area contributed by atoms with E-state index in [1.54, 1.807) is 11.3 Å². The first-order valence-electron chi connectivity index (χ1n) is 24.2. The molecule has 336 valence electrons. The second-order valence-electron chi connectivity index (χ2n) is 18.0. The third kappa shape index (κ3) is 7.29. The van der Waals surface area contributed by atoms with Gasteiger partial charge in [-0.1, -0.05) is 183 Å². The lowest BCUT2D eigenvalue weighted by atomic mass is 9.91. The molecule has 4 nitrogen and oxygen atoms in total. The number of hydrogen-bond donors (Lipinski definition) is 0. The Labute approximate surface area is 416 Å². The summed E-state index contributed by atoms with van der Waals surface area (Å²) in [4.78, 5) is 10.6. The van der Waals surface area contributed by atoms with Crippen molar-refractivity contribution in [1.29, 1.82) is 0 Å². The highest BCUT2D eigenvalue weighted by atomic mass is 32.1. The Morgan fingerprint density at radius 1 is 0.423 bits per heavy atom. The van der Waals surface area contributed by atoms with Crippen molar-refractivity contribution < 1.29 is 0 Å². The fourth-order valence-electron chi connectivity index (χ4n) is 10.6. The lowest BCUT2D eigenvalue weighted by Gasteiger charge is -2.14. The number of aliphatic imine (C=N–C) groups is 2. The fourth-order valence-corrected chi connectivity index (χ4v) is 11.8. The summed E-state index contributed by atoms with van der Waals surface area (Å²) in [7, 11) is 0. The van der Waals surface area contributed by atoms with E-state index in [9.17, 15) is 0 Å². The molecular weight excluding hydrogens is 881 g/mol. The van der Waals surface area contributed by atoms with Gasteiger partial charge in [-0.15, -0.1) is 11.3 Å². The van der Waals surface area contributed by atoms with Gasteiger partial charge in [-0.25, -0.2) is 9.98 Å². The monoisotopic (exact) mass is 926 g/mol. The van der Waals surface area contributed by atoms with Crippen LogP contribution in [0.3, 0.4) is 0 Å². The van der Waals surface area contributed by atoms with Crippen molar-refractivity contribution in [1.82, 2.24) is 9.13 Å². The number of rotatable bonds is 9. The molecule has 0 aliphatic rings. The number of hydrogen-bond acceptors (Lipinski definition) is 2. The number of aromatic nitrogens is 2. The maximum atomic E-state index is 5.35. The fraction of sp³-hybridized carbons (Fsp3) is 0.0303. The number of para-hydroxylation sites is 3. The van der Waals surface area contributed by atoms with Gasteiger partial charge >= 0.3 is 0 Å². The molecule has 13 aromatic rings. The summed E-state index contributed by atoms with van der Waals surface area (Å²) in [5, 5.41) is 7.32. The molecule has 0 spiro atoms. The van der Waals surface area contributed by atoms with Gasteiger partial charge in [0.05, 0.1) is 27.8 Å². The van der Waals surface area contributed by atoms with Crippen LogP contribution in [0.25, 0.3) is 103 Å². The van der Waals surface area contributed by atoms with Crippen LogP contribution in [0.15, 0.2) is 253 Å². The lowest BCUT2D eigenvalue weighted by molar-refractivity contribution is 1.16. The van der Waals surface area contributed by atoms with Crippen LogP contribution in [0.4, 0.5) is 0 Å². The molecule has 0 saturated heterocycles. The van der Waals surface area contributed by atoms with Gasteiger partial charge in [0.1, 0.15) is 0 Å². The van der Waals surface area contributed by atoms with Crippen LogP contribution in [-0.4, -0.2) is 20.7 Å². The Bertz CT molecular complexity index is 4250. The molecule has 0 amide bonds. The van der Waals surface area contributed by atoms with Crippen LogP contribution in [-0.2, 0) is 0 Å². The zero-order chi connectivity index (χ0) is 47.4. The van der Waals surface area contributed by atoms with Crippen molar-refractivity contribution in [2.75, 3.05) is 0 Å². The summed E-state index contributed by atoms with van der Waals surface area (Å²) in [5.74, 6) is 0.640. The van der Waals surface area contributed by atoms with Crippen LogP contribution in [0.5, 0.6) is 0 Å². The topological polar surface area (TPSA) is 34.6 Å². The van der Waals surface area contributed by atoms with Crippen molar-refractivity contribution in [2.24, 2.45) is 9.98 Å². The van der Waals surface area contributed by atoms with E-state index in [0.717, 1.165) is 78.2 Å². The van der Waals surface area contributed by atoms with Crippen LogP contribution >= 0.6 is 11.3 Å². The predicted molar refractivity (Wildman–Crippen MR) is 304 cm³/mol. The summed E-state index contributed by atoms with van der Waals surface area (Å²) < 4.78 is 7.24. The molecule has 5 heteroatoms. The van der Waals surface area contributed by atoms with E-state index < -0.39 is 0 Å². The summed E-state index contributed by atoms with van der Waals surface area (Å²) in [6, 6.07) is 84.9. The number of nitrogens with zero attached hydrogens (tertiary/aromatic N) is 4. The van der Waals surface area contributed by atoms with Gasteiger partial charge in [0.25, 0.3) is 0 Å². The highest BCUT2D eigenvalue weighted by Crippen LogP contribution is 2.45. The van der Waals surface area contributed by atoms with Crippen LogP contribution < -0.4 is 0 Å². The number of amidine groups is 1. The quantitative estimate of drug-likeness (QED) is 0.102. The van der Waals surface area contributed by atoms with E-state index >= 15 is 0 Å². The summed E-state index contributed by atoms with van der Waals surface area (Å²) in [6.07, 6.45) is 0.760. The zero-order valence-electron chi connectivity index (χ0n) is 39.1. The average molecular weight is 927 g/mol. The summed E-state index contributed by atoms with van der Waals surface area (Å²) in [5.41, 5.74) is 16.1. The van der Waals surface area contributed by atoms with E-state index in [1.807, 2.05) is 24.3 Å². The highest BCUT2D eigenvalue weighted by molar-refractivity contribution is 7.26. The number of benzene rings is 10. The van der Waals surface area contributed by atoms with Crippen LogP contribution in [0.1, 0.15) is 30.0 Å². The smallest absolute Gasteiger partial charge is 0.160 e. The minimum Gasteiger partial charge on any atom is -0.309 e. The van der Waals surface area contributed by atoms with Gasteiger partial charge in [-0.3, -0.25) is 0 Å². The second kappa shape index (κ2) is 17.6. The Hall–Kier alpha value is -8.90. The Morgan fingerprint density at radius 2 is 0.958 bits per heavy atom. The van der Waals surface area contributed by atoms with Gasteiger partial charge in [0, 0.05) is 69.9 Å². The highest BCUT2D eigenvalue weighted by Gasteiger charge is 2.21. The Kier molecular flexibility index (Phi) is 10.4.